The molecule has 1 N–H and O–H groups in total. The summed E-state index contributed by atoms with van der Waals surface area (Å²) in [7, 11) is 4.12. The molecule has 0 aliphatic carbocycles. The summed E-state index contributed by atoms with van der Waals surface area (Å²) in [5.74, 6) is 1.12. The summed E-state index contributed by atoms with van der Waals surface area (Å²) < 4.78 is 0. The van der Waals surface area contributed by atoms with Crippen LogP contribution in [-0.4, -0.2) is 38.0 Å². The van der Waals surface area contributed by atoms with E-state index in [0.29, 0.717) is 6.42 Å². The summed E-state index contributed by atoms with van der Waals surface area (Å²) in [6, 6.07) is 0. The van der Waals surface area contributed by atoms with Gasteiger partial charge in [-0.25, -0.2) is 0 Å². The molecule has 0 spiro atoms. The van der Waals surface area contributed by atoms with Crippen molar-refractivity contribution in [3.8, 4) is 0 Å². The van der Waals surface area contributed by atoms with Gasteiger partial charge in [0.1, 0.15) is 0 Å². The number of carbonyl (C=O) groups is 1. The average Bonchev–Trinajstić information content (AvgIpc) is 2.42. The Morgan fingerprint density at radius 3 is 2.33 bits per heavy atom. The number of nitrogens with zero attached hydrogens (tertiary/aromatic N) is 1. The van der Waals surface area contributed by atoms with E-state index in [1.165, 1.54) is 44.9 Å². The van der Waals surface area contributed by atoms with Gasteiger partial charge < -0.3 is 10.2 Å². The predicted octanol–water partition coefficient (Wildman–Crippen LogP) is 4.22. The highest BCUT2D eigenvalue weighted by Crippen LogP contribution is 2.15. The van der Waals surface area contributed by atoms with Gasteiger partial charge in [0.15, 0.2) is 0 Å². The molecule has 0 rings (SSSR count). The minimum absolute atomic E-state index is 0.227. The zero-order valence-electron chi connectivity index (χ0n) is 14.9. The Bertz CT molecular complexity index is 241. The molecule has 3 heteroatoms. The number of hydrogen-bond donors (Lipinski definition) is 1. The summed E-state index contributed by atoms with van der Waals surface area (Å²) in [5, 5.41) is 3.00. The lowest BCUT2D eigenvalue weighted by molar-refractivity contribution is -0.121. The van der Waals surface area contributed by atoms with Crippen molar-refractivity contribution in [1.82, 2.24) is 10.2 Å². The van der Waals surface area contributed by atoms with E-state index in [2.05, 4.69) is 38.2 Å². The maximum atomic E-state index is 11.6. The predicted molar refractivity (Wildman–Crippen MR) is 92.6 cm³/mol. The third kappa shape index (κ3) is 15.6. The van der Waals surface area contributed by atoms with Gasteiger partial charge in [0.25, 0.3) is 0 Å². The second-order valence-corrected chi connectivity index (χ2v) is 6.71. The van der Waals surface area contributed by atoms with Crippen LogP contribution >= 0.6 is 0 Å². The lowest BCUT2D eigenvalue weighted by atomic mass is 9.98. The monoisotopic (exact) mass is 298 g/mol. The van der Waals surface area contributed by atoms with Crippen LogP contribution in [-0.2, 0) is 4.79 Å². The maximum absolute atomic E-state index is 11.6. The van der Waals surface area contributed by atoms with Gasteiger partial charge in [0.05, 0.1) is 0 Å². The van der Waals surface area contributed by atoms with Gasteiger partial charge in [-0.2, -0.15) is 0 Å². The van der Waals surface area contributed by atoms with Gasteiger partial charge in [-0.1, -0.05) is 58.8 Å². The van der Waals surface area contributed by atoms with Gasteiger partial charge in [-0.3, -0.25) is 4.79 Å². The van der Waals surface area contributed by atoms with E-state index < -0.39 is 0 Å². The Kier molecular flexibility index (Phi) is 14.0. The van der Waals surface area contributed by atoms with E-state index in [0.717, 1.165) is 31.8 Å². The van der Waals surface area contributed by atoms with Crippen LogP contribution in [0.4, 0.5) is 0 Å². The molecule has 0 aromatic heterocycles. The number of amides is 1. The molecular weight excluding hydrogens is 260 g/mol. The quantitative estimate of drug-likeness (QED) is 0.487. The normalized spacial score (nSPS) is 12.6. The zero-order valence-corrected chi connectivity index (χ0v) is 14.9. The van der Waals surface area contributed by atoms with E-state index in [1.807, 2.05) is 0 Å². The molecule has 1 amide bonds. The van der Waals surface area contributed by atoms with Crippen molar-refractivity contribution >= 4 is 5.91 Å². The van der Waals surface area contributed by atoms with Gasteiger partial charge in [0.2, 0.25) is 5.91 Å². The minimum Gasteiger partial charge on any atom is -0.356 e. The van der Waals surface area contributed by atoms with Gasteiger partial charge in [0, 0.05) is 13.0 Å². The molecule has 0 aromatic rings. The number of rotatable bonds is 14. The maximum Gasteiger partial charge on any atom is 0.219 e. The molecule has 0 saturated heterocycles. The molecule has 0 bridgehead atoms. The first kappa shape index (κ1) is 20.4. The first-order valence-electron chi connectivity index (χ1n) is 8.97. The van der Waals surface area contributed by atoms with E-state index >= 15 is 0 Å². The van der Waals surface area contributed by atoms with E-state index in [9.17, 15) is 4.79 Å². The molecule has 126 valence electrons. The highest BCUT2D eigenvalue weighted by molar-refractivity contribution is 5.75. The number of hydrogen-bond acceptors (Lipinski definition) is 2. The smallest absolute Gasteiger partial charge is 0.219 e. The fraction of sp³-hybridized carbons (Fsp3) is 0.944. The molecule has 0 fully saturated rings. The van der Waals surface area contributed by atoms with Gasteiger partial charge in [-0.05, 0) is 39.4 Å². The molecule has 0 aliphatic rings. The topological polar surface area (TPSA) is 32.3 Å². The third-order valence-electron chi connectivity index (χ3n) is 3.99. The Morgan fingerprint density at radius 1 is 1.00 bits per heavy atom. The van der Waals surface area contributed by atoms with Crippen molar-refractivity contribution in [2.75, 3.05) is 27.2 Å². The van der Waals surface area contributed by atoms with Crippen LogP contribution in [0.1, 0.15) is 78.1 Å². The van der Waals surface area contributed by atoms with Crippen LogP contribution in [0.2, 0.25) is 0 Å². The molecule has 1 atom stereocenters. The summed E-state index contributed by atoms with van der Waals surface area (Å²) in [6.45, 7) is 6.48. The highest BCUT2D eigenvalue weighted by Gasteiger charge is 2.02. The van der Waals surface area contributed by atoms with E-state index in [4.69, 9.17) is 0 Å². The first-order chi connectivity index (χ1) is 10.1. The fourth-order valence-electron chi connectivity index (χ4n) is 2.66. The van der Waals surface area contributed by atoms with Crippen molar-refractivity contribution in [2.24, 2.45) is 5.92 Å². The summed E-state index contributed by atoms with van der Waals surface area (Å²) in [4.78, 5) is 13.8. The Hall–Kier alpha value is -0.570. The number of carbonyl (C=O) groups excluding carboxylic acids is 1. The van der Waals surface area contributed by atoms with E-state index in [-0.39, 0.29) is 5.91 Å². The molecule has 21 heavy (non-hydrogen) atoms. The fourth-order valence-corrected chi connectivity index (χ4v) is 2.66. The minimum atomic E-state index is 0.227. The van der Waals surface area contributed by atoms with Crippen LogP contribution in [0, 0.1) is 5.92 Å². The molecule has 1 unspecified atom stereocenters. The van der Waals surface area contributed by atoms with Gasteiger partial charge >= 0.3 is 0 Å². The first-order valence-corrected chi connectivity index (χ1v) is 8.97. The standard InChI is InChI=1S/C18H38N2O/c1-5-12-17(2)13-9-7-6-8-10-14-18(21)19-15-11-16-20(3)4/h17H,5-16H2,1-4H3,(H,19,21). The van der Waals surface area contributed by atoms with Gasteiger partial charge in [-0.15, -0.1) is 0 Å². The third-order valence-corrected chi connectivity index (χ3v) is 3.99. The van der Waals surface area contributed by atoms with Crippen molar-refractivity contribution in [3.63, 3.8) is 0 Å². The van der Waals surface area contributed by atoms with Crippen LogP contribution in [0.5, 0.6) is 0 Å². The van der Waals surface area contributed by atoms with Crippen LogP contribution < -0.4 is 5.32 Å². The molecule has 0 aliphatic heterocycles. The van der Waals surface area contributed by atoms with Crippen molar-refractivity contribution in [2.45, 2.75) is 78.1 Å². The lowest BCUT2D eigenvalue weighted by Crippen LogP contribution is -2.26. The largest absolute Gasteiger partial charge is 0.356 e. The number of unbranched alkanes of at least 4 members (excludes halogenated alkanes) is 4. The second kappa shape index (κ2) is 14.4. The molecule has 0 heterocycles. The molecule has 0 saturated carbocycles. The zero-order chi connectivity index (χ0) is 15.9. The van der Waals surface area contributed by atoms with Crippen LogP contribution in [0.15, 0.2) is 0 Å². The molecular formula is C18H38N2O. The Balaban J connectivity index is 3.25. The summed E-state index contributed by atoms with van der Waals surface area (Å²) in [6.07, 6.45) is 12.0. The van der Waals surface area contributed by atoms with Crippen molar-refractivity contribution in [1.29, 1.82) is 0 Å². The summed E-state index contributed by atoms with van der Waals surface area (Å²) >= 11 is 0. The molecule has 3 nitrogen and oxygen atoms in total. The van der Waals surface area contributed by atoms with E-state index in [1.54, 1.807) is 0 Å². The second-order valence-electron chi connectivity index (χ2n) is 6.71. The Labute approximate surface area is 132 Å². The van der Waals surface area contributed by atoms with Crippen molar-refractivity contribution in [3.05, 3.63) is 0 Å². The molecule has 0 radical (unpaired) electrons. The van der Waals surface area contributed by atoms with Crippen LogP contribution in [0.3, 0.4) is 0 Å². The highest BCUT2D eigenvalue weighted by atomic mass is 16.1. The summed E-state index contributed by atoms with van der Waals surface area (Å²) in [5.41, 5.74) is 0. The van der Waals surface area contributed by atoms with Crippen molar-refractivity contribution < 1.29 is 4.79 Å². The Morgan fingerprint density at radius 2 is 1.67 bits per heavy atom. The van der Waals surface area contributed by atoms with Crippen LogP contribution in [0.25, 0.3) is 0 Å². The number of nitrogens with one attached hydrogen (secondary N) is 1. The SMILES string of the molecule is CCCC(C)CCCCCCCC(=O)NCCCN(C)C. The molecule has 0 aromatic carbocycles. The lowest BCUT2D eigenvalue weighted by Gasteiger charge is -2.10. The average molecular weight is 299 g/mol.